The van der Waals surface area contributed by atoms with Crippen LogP contribution in [-0.4, -0.2) is 6.61 Å². The van der Waals surface area contributed by atoms with E-state index in [1.807, 2.05) is 6.08 Å². The van der Waals surface area contributed by atoms with E-state index in [1.165, 1.54) is 12.1 Å². The minimum absolute atomic E-state index is 0.206. The summed E-state index contributed by atoms with van der Waals surface area (Å²) in [5, 5.41) is 0. The Hall–Kier alpha value is -2.42. The Labute approximate surface area is 155 Å². The number of halogens is 2. The van der Waals surface area contributed by atoms with Gasteiger partial charge in [-0.3, -0.25) is 0 Å². The number of benzene rings is 2. The van der Waals surface area contributed by atoms with Gasteiger partial charge in [0.15, 0.2) is 11.7 Å². The first-order chi connectivity index (χ1) is 12.7. The van der Waals surface area contributed by atoms with Crippen molar-refractivity contribution in [2.45, 2.75) is 39.5 Å². The molecule has 138 valence electrons. The topological polar surface area (TPSA) is 9.23 Å². The maximum atomic E-state index is 14.5. The molecule has 0 bridgehead atoms. The van der Waals surface area contributed by atoms with Crippen molar-refractivity contribution in [2.24, 2.45) is 0 Å². The predicted octanol–water partition coefficient (Wildman–Crippen LogP) is 7.44. The van der Waals surface area contributed by atoms with E-state index >= 15 is 0 Å². The number of hydrogen-bond acceptors (Lipinski definition) is 1. The highest BCUT2D eigenvalue weighted by atomic mass is 19.2. The zero-order valence-electron chi connectivity index (χ0n) is 15.5. The van der Waals surface area contributed by atoms with Gasteiger partial charge >= 0.3 is 0 Å². The van der Waals surface area contributed by atoms with Crippen LogP contribution in [0.15, 0.2) is 54.6 Å². The minimum atomic E-state index is -0.862. The van der Waals surface area contributed by atoms with E-state index in [9.17, 15) is 8.78 Å². The lowest BCUT2D eigenvalue weighted by Gasteiger charge is -2.07. The van der Waals surface area contributed by atoms with Crippen molar-refractivity contribution in [3.8, 4) is 5.75 Å². The van der Waals surface area contributed by atoms with Crippen molar-refractivity contribution in [1.82, 2.24) is 0 Å². The number of rotatable bonds is 9. The predicted molar refractivity (Wildman–Crippen MR) is 106 cm³/mol. The first-order valence-electron chi connectivity index (χ1n) is 9.21. The maximum absolute atomic E-state index is 14.5. The van der Waals surface area contributed by atoms with Crippen molar-refractivity contribution >= 4 is 17.7 Å². The zero-order chi connectivity index (χ0) is 18.8. The molecular weight excluding hydrogens is 330 g/mol. The second-order valence-electron chi connectivity index (χ2n) is 6.17. The lowest BCUT2D eigenvalue weighted by molar-refractivity contribution is 0.309. The molecule has 0 amide bonds. The SMILES string of the molecule is CCC/C=C/c1ccc(/C(F)=C(/F)c2ccc(OCCCC)cc2)cc1. The van der Waals surface area contributed by atoms with E-state index in [4.69, 9.17) is 4.74 Å². The summed E-state index contributed by atoms with van der Waals surface area (Å²) in [5.41, 5.74) is 1.42. The Balaban J connectivity index is 2.10. The van der Waals surface area contributed by atoms with Gasteiger partial charge in [0.1, 0.15) is 5.75 Å². The number of ether oxygens (including phenoxy) is 1. The van der Waals surface area contributed by atoms with Crippen LogP contribution in [0.25, 0.3) is 17.7 Å². The third-order valence-corrected chi connectivity index (χ3v) is 4.00. The summed E-state index contributed by atoms with van der Waals surface area (Å²) in [5.74, 6) is -1.05. The van der Waals surface area contributed by atoms with Gasteiger partial charge in [-0.1, -0.05) is 63.1 Å². The molecule has 0 aliphatic heterocycles. The summed E-state index contributed by atoms with van der Waals surface area (Å²) in [6, 6.07) is 13.2. The van der Waals surface area contributed by atoms with Crippen molar-refractivity contribution in [3.63, 3.8) is 0 Å². The summed E-state index contributed by atoms with van der Waals surface area (Å²) in [6.45, 7) is 4.82. The van der Waals surface area contributed by atoms with Crippen molar-refractivity contribution in [2.75, 3.05) is 6.61 Å². The summed E-state index contributed by atoms with van der Waals surface area (Å²) in [7, 11) is 0. The molecule has 2 rings (SSSR count). The average Bonchev–Trinajstić information content (AvgIpc) is 2.68. The highest BCUT2D eigenvalue weighted by Gasteiger charge is 2.11. The molecule has 0 aliphatic rings. The summed E-state index contributed by atoms with van der Waals surface area (Å²) in [6.07, 6.45) is 8.17. The lowest BCUT2D eigenvalue weighted by Crippen LogP contribution is -1.96. The molecule has 0 saturated carbocycles. The Kier molecular flexibility index (Phi) is 8.07. The standard InChI is InChI=1S/C23H26F2O/c1-3-5-7-8-18-9-11-19(12-10-18)22(24)23(25)20-13-15-21(16-14-20)26-17-6-4-2/h7-16H,3-6,17H2,1-2H3/b8-7+,23-22-. The highest BCUT2D eigenvalue weighted by Crippen LogP contribution is 2.30. The Bertz CT molecular complexity index is 728. The zero-order valence-corrected chi connectivity index (χ0v) is 15.5. The molecule has 0 atom stereocenters. The van der Waals surface area contributed by atoms with Gasteiger partial charge in [-0.25, -0.2) is 8.78 Å². The van der Waals surface area contributed by atoms with Crippen LogP contribution in [0.4, 0.5) is 8.78 Å². The van der Waals surface area contributed by atoms with E-state index in [2.05, 4.69) is 19.9 Å². The van der Waals surface area contributed by atoms with Crippen molar-refractivity contribution in [1.29, 1.82) is 0 Å². The monoisotopic (exact) mass is 356 g/mol. The first kappa shape index (κ1) is 19.9. The van der Waals surface area contributed by atoms with Gasteiger partial charge in [0.05, 0.1) is 6.61 Å². The highest BCUT2D eigenvalue weighted by molar-refractivity contribution is 5.83. The van der Waals surface area contributed by atoms with Gasteiger partial charge in [0, 0.05) is 11.1 Å². The molecule has 0 heterocycles. The van der Waals surface area contributed by atoms with Gasteiger partial charge < -0.3 is 4.74 Å². The fourth-order valence-electron chi connectivity index (χ4n) is 2.41. The fraction of sp³-hybridized carbons (Fsp3) is 0.304. The molecule has 1 nitrogen and oxygen atoms in total. The summed E-state index contributed by atoms with van der Waals surface area (Å²) >= 11 is 0. The van der Waals surface area contributed by atoms with E-state index in [-0.39, 0.29) is 11.1 Å². The molecule has 0 radical (unpaired) electrons. The number of allylic oxidation sites excluding steroid dienone is 1. The second kappa shape index (κ2) is 10.5. The van der Waals surface area contributed by atoms with Crippen LogP contribution in [0.2, 0.25) is 0 Å². The molecule has 0 aliphatic carbocycles. The van der Waals surface area contributed by atoms with Gasteiger partial charge in [0.25, 0.3) is 0 Å². The van der Waals surface area contributed by atoms with Crippen LogP contribution >= 0.6 is 0 Å². The van der Waals surface area contributed by atoms with E-state index in [0.717, 1.165) is 31.2 Å². The third kappa shape index (κ3) is 5.83. The Morgan fingerprint density at radius 3 is 1.96 bits per heavy atom. The van der Waals surface area contributed by atoms with Gasteiger partial charge in [0.2, 0.25) is 0 Å². The molecule has 26 heavy (non-hydrogen) atoms. The quantitative estimate of drug-likeness (QED) is 0.335. The van der Waals surface area contributed by atoms with Crippen LogP contribution in [0.5, 0.6) is 5.75 Å². The van der Waals surface area contributed by atoms with E-state index < -0.39 is 11.7 Å². The third-order valence-electron chi connectivity index (χ3n) is 4.00. The molecule has 2 aromatic rings. The van der Waals surface area contributed by atoms with Crippen LogP contribution in [0.3, 0.4) is 0 Å². The molecule has 0 fully saturated rings. The smallest absolute Gasteiger partial charge is 0.166 e. The van der Waals surface area contributed by atoms with Crippen LogP contribution in [0.1, 0.15) is 56.2 Å². The maximum Gasteiger partial charge on any atom is 0.166 e. The molecule has 0 unspecified atom stereocenters. The van der Waals surface area contributed by atoms with E-state index in [1.54, 1.807) is 36.4 Å². The van der Waals surface area contributed by atoms with Gasteiger partial charge in [-0.05, 0) is 42.7 Å². The largest absolute Gasteiger partial charge is 0.494 e. The molecule has 0 aromatic heterocycles. The van der Waals surface area contributed by atoms with Crippen LogP contribution < -0.4 is 4.74 Å². The van der Waals surface area contributed by atoms with Crippen molar-refractivity contribution < 1.29 is 13.5 Å². The minimum Gasteiger partial charge on any atom is -0.494 e. The lowest BCUT2D eigenvalue weighted by atomic mass is 10.1. The van der Waals surface area contributed by atoms with Crippen LogP contribution in [-0.2, 0) is 0 Å². The van der Waals surface area contributed by atoms with Crippen LogP contribution in [0, 0.1) is 0 Å². The number of unbranched alkanes of at least 4 members (excludes halogenated alkanes) is 2. The molecule has 0 N–H and O–H groups in total. The van der Waals surface area contributed by atoms with Gasteiger partial charge in [-0.2, -0.15) is 0 Å². The Morgan fingerprint density at radius 2 is 1.42 bits per heavy atom. The Morgan fingerprint density at radius 1 is 0.846 bits per heavy atom. The molecule has 3 heteroatoms. The number of hydrogen-bond donors (Lipinski definition) is 0. The molecular formula is C23H26F2O. The average molecular weight is 356 g/mol. The van der Waals surface area contributed by atoms with Crippen molar-refractivity contribution in [3.05, 3.63) is 71.3 Å². The summed E-state index contributed by atoms with van der Waals surface area (Å²) in [4.78, 5) is 0. The van der Waals surface area contributed by atoms with Gasteiger partial charge in [-0.15, -0.1) is 0 Å². The van der Waals surface area contributed by atoms with E-state index in [0.29, 0.717) is 12.4 Å². The normalized spacial score (nSPS) is 12.3. The fourth-order valence-corrected chi connectivity index (χ4v) is 2.41. The molecule has 0 spiro atoms. The first-order valence-corrected chi connectivity index (χ1v) is 9.21. The second-order valence-corrected chi connectivity index (χ2v) is 6.17. The summed E-state index contributed by atoms with van der Waals surface area (Å²) < 4.78 is 34.4. The molecule has 2 aromatic carbocycles. The molecule has 0 saturated heterocycles.